The van der Waals surface area contributed by atoms with Gasteiger partial charge < -0.3 is 9.47 Å². The van der Waals surface area contributed by atoms with Crippen molar-refractivity contribution < 1.29 is 14.3 Å². The monoisotopic (exact) mass is 260 g/mol. The molecule has 19 heavy (non-hydrogen) atoms. The van der Waals surface area contributed by atoms with Gasteiger partial charge in [0.25, 0.3) is 0 Å². The molecule has 1 aliphatic heterocycles. The van der Waals surface area contributed by atoms with Crippen LogP contribution in [0.5, 0.6) is 11.5 Å². The molecule has 0 aliphatic carbocycles. The third kappa shape index (κ3) is 3.37. The van der Waals surface area contributed by atoms with E-state index in [-0.39, 0.29) is 5.78 Å². The lowest BCUT2D eigenvalue weighted by Gasteiger charge is -2.31. The number of ether oxygens (including phenoxy) is 2. The molecule has 0 unspecified atom stereocenters. The topological polar surface area (TPSA) is 35.5 Å². The molecule has 0 amide bonds. The van der Waals surface area contributed by atoms with E-state index < -0.39 is 5.60 Å². The highest BCUT2D eigenvalue weighted by Gasteiger charge is 2.32. The molecular weight excluding hydrogens is 240 g/mol. The molecule has 1 aromatic rings. The fourth-order valence-corrected chi connectivity index (χ4v) is 2.03. The minimum Gasteiger partial charge on any atom is -0.489 e. The first-order valence-corrected chi connectivity index (χ1v) is 6.50. The molecule has 0 spiro atoms. The third-order valence-electron chi connectivity index (χ3n) is 2.97. The van der Waals surface area contributed by atoms with Crippen LogP contribution in [0.25, 0.3) is 0 Å². The van der Waals surface area contributed by atoms with Crippen LogP contribution in [-0.4, -0.2) is 18.0 Å². The molecule has 0 aromatic heterocycles. The predicted octanol–water partition coefficient (Wildman–Crippen LogP) is 3.78. The van der Waals surface area contributed by atoms with Crippen molar-refractivity contribution in [2.24, 2.45) is 0 Å². The van der Waals surface area contributed by atoms with E-state index in [0.29, 0.717) is 24.3 Å². The number of benzene rings is 1. The Kier molecular flexibility index (Phi) is 3.65. The summed E-state index contributed by atoms with van der Waals surface area (Å²) in [6.07, 6.45) is 2.42. The number of Topliss-reactive ketones (excluding diaryl/α,β-unsaturated/α-hetero) is 1. The Hall–Kier alpha value is -1.77. The van der Waals surface area contributed by atoms with Gasteiger partial charge in [0.15, 0.2) is 5.78 Å². The van der Waals surface area contributed by atoms with Gasteiger partial charge in [-0.05, 0) is 45.9 Å². The van der Waals surface area contributed by atoms with Gasteiger partial charge in [-0.15, -0.1) is 0 Å². The molecule has 0 atom stereocenters. The summed E-state index contributed by atoms with van der Waals surface area (Å²) in [5.41, 5.74) is 1.42. The van der Waals surface area contributed by atoms with Crippen molar-refractivity contribution in [1.82, 2.24) is 0 Å². The van der Waals surface area contributed by atoms with Crippen LogP contribution >= 0.6 is 0 Å². The second-order valence-corrected chi connectivity index (χ2v) is 5.71. The molecular formula is C16H20O3. The van der Waals surface area contributed by atoms with Gasteiger partial charge in [0.2, 0.25) is 0 Å². The minimum atomic E-state index is -0.442. The van der Waals surface area contributed by atoms with Gasteiger partial charge >= 0.3 is 0 Å². The second-order valence-electron chi connectivity index (χ2n) is 5.71. The first-order valence-electron chi connectivity index (χ1n) is 6.50. The quantitative estimate of drug-likeness (QED) is 0.776. The second kappa shape index (κ2) is 5.08. The van der Waals surface area contributed by atoms with Crippen molar-refractivity contribution >= 4 is 5.78 Å². The van der Waals surface area contributed by atoms with E-state index in [1.165, 1.54) is 5.57 Å². The summed E-state index contributed by atoms with van der Waals surface area (Å²) in [6.45, 7) is 8.43. The van der Waals surface area contributed by atoms with Gasteiger partial charge in [-0.1, -0.05) is 5.57 Å². The van der Waals surface area contributed by atoms with Crippen LogP contribution in [0.15, 0.2) is 29.8 Å². The summed E-state index contributed by atoms with van der Waals surface area (Å²) in [6, 6.07) is 5.40. The zero-order valence-electron chi connectivity index (χ0n) is 11.9. The lowest BCUT2D eigenvalue weighted by atomic mass is 9.93. The summed E-state index contributed by atoms with van der Waals surface area (Å²) >= 11 is 0. The maximum atomic E-state index is 12.0. The van der Waals surface area contributed by atoms with Crippen molar-refractivity contribution in [3.8, 4) is 11.5 Å². The average Bonchev–Trinajstić information content (AvgIpc) is 2.26. The van der Waals surface area contributed by atoms with Crippen LogP contribution in [0.1, 0.15) is 44.5 Å². The van der Waals surface area contributed by atoms with Gasteiger partial charge in [0.1, 0.15) is 23.7 Å². The Morgan fingerprint density at radius 2 is 2.16 bits per heavy atom. The molecule has 0 saturated heterocycles. The van der Waals surface area contributed by atoms with Crippen molar-refractivity contribution in [2.45, 2.75) is 39.7 Å². The molecule has 0 saturated carbocycles. The zero-order valence-corrected chi connectivity index (χ0v) is 11.9. The minimum absolute atomic E-state index is 0.127. The van der Waals surface area contributed by atoms with Gasteiger partial charge in [0, 0.05) is 6.07 Å². The Labute approximate surface area is 114 Å². The lowest BCUT2D eigenvalue weighted by Crippen LogP contribution is -2.35. The summed E-state index contributed by atoms with van der Waals surface area (Å²) in [7, 11) is 0. The van der Waals surface area contributed by atoms with Crippen LogP contribution < -0.4 is 9.47 Å². The van der Waals surface area contributed by atoms with Crippen molar-refractivity contribution in [2.75, 3.05) is 6.61 Å². The van der Waals surface area contributed by atoms with E-state index in [0.717, 1.165) is 5.75 Å². The number of fused-ring (bicyclic) bond motifs is 1. The number of carbonyl (C=O) groups is 1. The molecule has 1 aliphatic rings. The largest absolute Gasteiger partial charge is 0.489 e. The van der Waals surface area contributed by atoms with Gasteiger partial charge in [0.05, 0.1) is 12.0 Å². The van der Waals surface area contributed by atoms with Gasteiger partial charge in [-0.3, -0.25) is 4.79 Å². The third-order valence-corrected chi connectivity index (χ3v) is 2.97. The summed E-state index contributed by atoms with van der Waals surface area (Å²) in [4.78, 5) is 12.0. The highest BCUT2D eigenvalue weighted by molar-refractivity contribution is 6.00. The van der Waals surface area contributed by atoms with E-state index in [9.17, 15) is 4.79 Å². The maximum absolute atomic E-state index is 12.0. The molecule has 0 fully saturated rings. The van der Waals surface area contributed by atoms with Crippen LogP contribution in [0.3, 0.4) is 0 Å². The molecule has 0 N–H and O–H groups in total. The van der Waals surface area contributed by atoms with E-state index in [4.69, 9.17) is 9.47 Å². The molecule has 3 nitrogen and oxygen atoms in total. The molecule has 1 aromatic carbocycles. The first-order chi connectivity index (χ1) is 8.87. The van der Waals surface area contributed by atoms with Crippen molar-refractivity contribution in [3.63, 3.8) is 0 Å². The smallest absolute Gasteiger partial charge is 0.170 e. The summed E-state index contributed by atoms with van der Waals surface area (Å²) in [5.74, 6) is 1.47. The van der Waals surface area contributed by atoms with Gasteiger partial charge in [-0.2, -0.15) is 0 Å². The Balaban J connectivity index is 2.19. The average molecular weight is 260 g/mol. The molecule has 0 bridgehead atoms. The fraction of sp³-hybridized carbons (Fsp3) is 0.438. The summed E-state index contributed by atoms with van der Waals surface area (Å²) in [5, 5.41) is 0. The maximum Gasteiger partial charge on any atom is 0.170 e. The summed E-state index contributed by atoms with van der Waals surface area (Å²) < 4.78 is 11.5. The van der Waals surface area contributed by atoms with Crippen LogP contribution in [0.2, 0.25) is 0 Å². The number of ketones is 1. The Morgan fingerprint density at radius 3 is 2.84 bits per heavy atom. The molecule has 1 heterocycles. The van der Waals surface area contributed by atoms with E-state index in [1.807, 2.05) is 39.8 Å². The number of allylic oxidation sites excluding steroid dienone is 1. The molecule has 0 radical (unpaired) electrons. The van der Waals surface area contributed by atoms with Crippen LogP contribution in [0, 0.1) is 0 Å². The van der Waals surface area contributed by atoms with E-state index in [2.05, 4.69) is 0 Å². The number of hydrogen-bond acceptors (Lipinski definition) is 3. The number of carbonyl (C=O) groups excluding carboxylic acids is 1. The zero-order chi connectivity index (χ0) is 14.0. The van der Waals surface area contributed by atoms with E-state index in [1.54, 1.807) is 12.1 Å². The van der Waals surface area contributed by atoms with Crippen LogP contribution in [0.4, 0.5) is 0 Å². The first kappa shape index (κ1) is 13.7. The fourth-order valence-electron chi connectivity index (χ4n) is 2.03. The normalized spacial score (nSPS) is 16.3. The van der Waals surface area contributed by atoms with Gasteiger partial charge in [-0.25, -0.2) is 0 Å². The van der Waals surface area contributed by atoms with E-state index >= 15 is 0 Å². The standard InChI is InChI=1S/C16H20O3/c1-11(2)7-8-18-12-5-6-13-14(17)10-16(3,4)19-15(13)9-12/h5-7,9H,8,10H2,1-4H3. The number of hydrogen-bond donors (Lipinski definition) is 0. The highest BCUT2D eigenvalue weighted by atomic mass is 16.5. The highest BCUT2D eigenvalue weighted by Crippen LogP contribution is 2.35. The predicted molar refractivity (Wildman–Crippen MR) is 75.0 cm³/mol. The van der Waals surface area contributed by atoms with Crippen molar-refractivity contribution in [1.29, 1.82) is 0 Å². The Morgan fingerprint density at radius 1 is 1.42 bits per heavy atom. The Bertz CT molecular complexity index is 523. The molecule has 2 rings (SSSR count). The lowest BCUT2D eigenvalue weighted by molar-refractivity contribution is 0.0618. The SMILES string of the molecule is CC(C)=CCOc1ccc2c(c1)OC(C)(C)CC2=O. The number of rotatable bonds is 3. The molecule has 102 valence electrons. The van der Waals surface area contributed by atoms with Crippen LogP contribution in [-0.2, 0) is 0 Å². The van der Waals surface area contributed by atoms with Crippen molar-refractivity contribution in [3.05, 3.63) is 35.4 Å². The molecule has 3 heteroatoms.